The first-order valence-corrected chi connectivity index (χ1v) is 6.74. The Hall–Kier alpha value is -1.98. The Morgan fingerprint density at radius 3 is 2.58 bits per heavy atom. The van der Waals surface area contributed by atoms with E-state index in [-0.39, 0.29) is 6.03 Å². The molecule has 2 heterocycles. The van der Waals surface area contributed by atoms with E-state index >= 15 is 0 Å². The maximum absolute atomic E-state index is 11.9. The number of nitrogens with zero attached hydrogens (tertiary/aromatic N) is 3. The third-order valence-electron chi connectivity index (χ3n) is 3.61. The van der Waals surface area contributed by atoms with Gasteiger partial charge in [-0.3, -0.25) is 0 Å². The van der Waals surface area contributed by atoms with Gasteiger partial charge in [0.2, 0.25) is 0 Å². The van der Waals surface area contributed by atoms with E-state index in [1.54, 1.807) is 6.20 Å². The second kappa shape index (κ2) is 4.95. The standard InChI is InChI=1S/C13H19N5O/c14-12-4-3-11(9-15-12)17-5-7-18(8-6-17)13(19)16-10-1-2-10/h3-4,9-10H,1-2,5-8H2,(H2,14,15)(H,16,19). The van der Waals surface area contributed by atoms with E-state index in [2.05, 4.69) is 15.2 Å². The van der Waals surface area contributed by atoms with Crippen LogP contribution in [-0.4, -0.2) is 48.1 Å². The minimum absolute atomic E-state index is 0.0811. The summed E-state index contributed by atoms with van der Waals surface area (Å²) in [6, 6.07) is 4.29. The van der Waals surface area contributed by atoms with Crippen LogP contribution in [0.4, 0.5) is 16.3 Å². The molecule has 0 unspecified atom stereocenters. The van der Waals surface area contributed by atoms with Crippen LogP contribution in [0.15, 0.2) is 18.3 Å². The largest absolute Gasteiger partial charge is 0.384 e. The van der Waals surface area contributed by atoms with E-state index < -0.39 is 0 Å². The lowest BCUT2D eigenvalue weighted by molar-refractivity contribution is 0.194. The predicted molar refractivity (Wildman–Crippen MR) is 74.0 cm³/mol. The van der Waals surface area contributed by atoms with Crippen molar-refractivity contribution in [1.82, 2.24) is 15.2 Å². The number of nitrogens with one attached hydrogen (secondary N) is 1. The maximum Gasteiger partial charge on any atom is 0.317 e. The lowest BCUT2D eigenvalue weighted by Gasteiger charge is -2.35. The van der Waals surface area contributed by atoms with Crippen LogP contribution in [0.1, 0.15) is 12.8 Å². The summed E-state index contributed by atoms with van der Waals surface area (Å²) in [4.78, 5) is 20.1. The Morgan fingerprint density at radius 1 is 1.26 bits per heavy atom. The summed E-state index contributed by atoms with van der Waals surface area (Å²) in [5.41, 5.74) is 6.65. The summed E-state index contributed by atoms with van der Waals surface area (Å²) in [7, 11) is 0. The number of aromatic nitrogens is 1. The highest BCUT2D eigenvalue weighted by molar-refractivity contribution is 5.75. The molecule has 0 atom stereocenters. The van der Waals surface area contributed by atoms with Gasteiger partial charge in [0.15, 0.2) is 0 Å². The van der Waals surface area contributed by atoms with Gasteiger partial charge in [-0.05, 0) is 25.0 Å². The first-order valence-electron chi connectivity index (χ1n) is 6.74. The zero-order valence-electron chi connectivity index (χ0n) is 10.9. The highest BCUT2D eigenvalue weighted by atomic mass is 16.2. The minimum Gasteiger partial charge on any atom is -0.384 e. The maximum atomic E-state index is 11.9. The van der Waals surface area contributed by atoms with Crippen LogP contribution in [0.25, 0.3) is 0 Å². The van der Waals surface area contributed by atoms with Crippen LogP contribution in [0.5, 0.6) is 0 Å². The van der Waals surface area contributed by atoms with E-state index in [1.807, 2.05) is 17.0 Å². The van der Waals surface area contributed by atoms with Crippen molar-refractivity contribution in [3.8, 4) is 0 Å². The number of urea groups is 1. The number of pyridine rings is 1. The van der Waals surface area contributed by atoms with Crippen LogP contribution in [-0.2, 0) is 0 Å². The third kappa shape index (κ3) is 2.89. The fourth-order valence-corrected chi connectivity index (χ4v) is 2.25. The molecule has 0 radical (unpaired) electrons. The molecular formula is C13H19N5O. The Bertz CT molecular complexity index is 449. The molecule has 1 saturated heterocycles. The van der Waals surface area contributed by atoms with E-state index in [0.29, 0.717) is 11.9 Å². The number of anilines is 2. The molecule has 0 bridgehead atoms. The second-order valence-corrected chi connectivity index (χ2v) is 5.14. The highest BCUT2D eigenvalue weighted by Gasteiger charge is 2.27. The van der Waals surface area contributed by atoms with E-state index in [9.17, 15) is 4.79 Å². The van der Waals surface area contributed by atoms with Gasteiger partial charge in [0, 0.05) is 32.2 Å². The summed E-state index contributed by atoms with van der Waals surface area (Å²) in [5.74, 6) is 0.534. The van der Waals surface area contributed by atoms with Crippen LogP contribution in [0, 0.1) is 0 Å². The predicted octanol–water partition coefficient (Wildman–Crippen LogP) is 0.658. The Morgan fingerprint density at radius 2 is 2.00 bits per heavy atom. The van der Waals surface area contributed by atoms with Crippen LogP contribution in [0.3, 0.4) is 0 Å². The van der Waals surface area contributed by atoms with Gasteiger partial charge in [0.25, 0.3) is 0 Å². The van der Waals surface area contributed by atoms with Crippen molar-refractivity contribution in [3.63, 3.8) is 0 Å². The summed E-state index contributed by atoms with van der Waals surface area (Å²) in [6.07, 6.45) is 4.04. The fraction of sp³-hybridized carbons (Fsp3) is 0.538. The van der Waals surface area contributed by atoms with Gasteiger partial charge >= 0.3 is 6.03 Å². The van der Waals surface area contributed by atoms with Gasteiger partial charge in [-0.2, -0.15) is 0 Å². The molecule has 0 spiro atoms. The molecule has 2 aliphatic rings. The number of nitrogen functional groups attached to an aromatic ring is 1. The quantitative estimate of drug-likeness (QED) is 0.820. The van der Waals surface area contributed by atoms with Crippen LogP contribution in [0.2, 0.25) is 0 Å². The molecule has 19 heavy (non-hydrogen) atoms. The molecule has 0 aromatic carbocycles. The highest BCUT2D eigenvalue weighted by Crippen LogP contribution is 2.20. The second-order valence-electron chi connectivity index (χ2n) is 5.14. The number of carbonyl (C=O) groups is 1. The van der Waals surface area contributed by atoms with Crippen molar-refractivity contribution in [2.24, 2.45) is 0 Å². The molecular weight excluding hydrogens is 242 g/mol. The lowest BCUT2D eigenvalue weighted by Crippen LogP contribution is -2.52. The van der Waals surface area contributed by atoms with Crippen molar-refractivity contribution in [2.45, 2.75) is 18.9 Å². The summed E-state index contributed by atoms with van der Waals surface area (Å²) < 4.78 is 0. The molecule has 2 amide bonds. The average molecular weight is 261 g/mol. The normalized spacial score (nSPS) is 19.4. The summed E-state index contributed by atoms with van der Waals surface area (Å²) in [6.45, 7) is 3.18. The smallest absolute Gasteiger partial charge is 0.317 e. The van der Waals surface area contributed by atoms with Gasteiger partial charge < -0.3 is 20.9 Å². The summed E-state index contributed by atoms with van der Waals surface area (Å²) >= 11 is 0. The number of piperazine rings is 1. The molecule has 3 rings (SSSR count). The fourth-order valence-electron chi connectivity index (χ4n) is 2.25. The molecule has 2 fully saturated rings. The van der Waals surface area contributed by atoms with E-state index in [0.717, 1.165) is 44.7 Å². The number of nitrogens with two attached hydrogens (primary N) is 1. The number of hydrogen-bond acceptors (Lipinski definition) is 4. The van der Waals surface area contributed by atoms with Gasteiger partial charge in [-0.1, -0.05) is 0 Å². The Balaban J connectivity index is 1.53. The van der Waals surface area contributed by atoms with Crippen molar-refractivity contribution >= 4 is 17.5 Å². The molecule has 1 aromatic rings. The summed E-state index contributed by atoms with van der Waals surface area (Å²) in [5, 5.41) is 3.03. The van der Waals surface area contributed by atoms with Crippen LogP contribution < -0.4 is 16.0 Å². The molecule has 6 nitrogen and oxygen atoms in total. The van der Waals surface area contributed by atoms with E-state index in [1.165, 1.54) is 0 Å². The lowest BCUT2D eigenvalue weighted by atomic mass is 10.3. The Labute approximate surface area is 112 Å². The molecule has 102 valence electrons. The van der Waals surface area contributed by atoms with Crippen molar-refractivity contribution < 1.29 is 4.79 Å². The Kier molecular flexibility index (Phi) is 3.15. The van der Waals surface area contributed by atoms with Crippen LogP contribution >= 0.6 is 0 Å². The monoisotopic (exact) mass is 261 g/mol. The first kappa shape index (κ1) is 12.1. The van der Waals surface area contributed by atoms with Gasteiger partial charge in [0.05, 0.1) is 11.9 Å². The topological polar surface area (TPSA) is 74.5 Å². The molecule has 1 aromatic heterocycles. The average Bonchev–Trinajstić information content (AvgIpc) is 3.24. The zero-order valence-corrected chi connectivity index (χ0v) is 10.9. The molecule has 6 heteroatoms. The SMILES string of the molecule is Nc1ccc(N2CCN(C(=O)NC3CC3)CC2)cn1. The van der Waals surface area contributed by atoms with Crippen molar-refractivity contribution in [3.05, 3.63) is 18.3 Å². The molecule has 3 N–H and O–H groups in total. The number of carbonyl (C=O) groups excluding carboxylic acids is 1. The molecule has 1 saturated carbocycles. The molecule has 1 aliphatic heterocycles. The number of amides is 2. The first-order chi connectivity index (χ1) is 9.22. The number of rotatable bonds is 2. The van der Waals surface area contributed by atoms with Crippen molar-refractivity contribution in [1.29, 1.82) is 0 Å². The van der Waals surface area contributed by atoms with Gasteiger partial charge in [-0.15, -0.1) is 0 Å². The van der Waals surface area contributed by atoms with Gasteiger partial charge in [-0.25, -0.2) is 9.78 Å². The van der Waals surface area contributed by atoms with Crippen molar-refractivity contribution in [2.75, 3.05) is 36.8 Å². The molecule has 1 aliphatic carbocycles. The third-order valence-corrected chi connectivity index (χ3v) is 3.61. The van der Waals surface area contributed by atoms with E-state index in [4.69, 9.17) is 5.73 Å². The minimum atomic E-state index is 0.0811. The zero-order chi connectivity index (χ0) is 13.2. The van der Waals surface area contributed by atoms with Gasteiger partial charge in [0.1, 0.15) is 5.82 Å². The number of hydrogen-bond donors (Lipinski definition) is 2.